The van der Waals surface area contributed by atoms with Gasteiger partial charge in [-0.15, -0.1) is 0 Å². The van der Waals surface area contributed by atoms with Gasteiger partial charge in [0.15, 0.2) is 23.0 Å². The van der Waals surface area contributed by atoms with E-state index in [1.807, 2.05) is 0 Å². The number of phenolic OH excluding ortho intramolecular Hbond substituents is 2. The van der Waals surface area contributed by atoms with Crippen molar-refractivity contribution in [2.45, 2.75) is 44.3 Å². The topological polar surface area (TPSA) is 118 Å². The van der Waals surface area contributed by atoms with Crippen LogP contribution in [-0.4, -0.2) is 60.8 Å². The lowest BCUT2D eigenvalue weighted by Gasteiger charge is -2.20. The molecule has 2 rings (SSSR count). The fraction of sp³-hybridized carbons (Fsp3) is 0.478. The Kier molecular flexibility index (Phi) is 9.71. The Hall–Kier alpha value is -2.68. The third kappa shape index (κ3) is 7.20. The van der Waals surface area contributed by atoms with E-state index in [2.05, 4.69) is 0 Å². The second-order valence-electron chi connectivity index (χ2n) is 7.24. The number of phenols is 2. The normalized spacial score (nSPS) is 12.9. The highest BCUT2D eigenvalue weighted by molar-refractivity contribution is 5.52. The van der Waals surface area contributed by atoms with Gasteiger partial charge in [-0.05, 0) is 67.5 Å². The van der Waals surface area contributed by atoms with Gasteiger partial charge in [-0.1, -0.05) is 6.07 Å². The Morgan fingerprint density at radius 3 is 1.97 bits per heavy atom. The first kappa shape index (κ1) is 24.6. The van der Waals surface area contributed by atoms with E-state index < -0.39 is 12.9 Å². The van der Waals surface area contributed by atoms with Crippen LogP contribution < -0.4 is 14.2 Å². The van der Waals surface area contributed by atoms with E-state index in [9.17, 15) is 20.4 Å². The largest absolute Gasteiger partial charge is 0.504 e. The minimum atomic E-state index is -0.642. The van der Waals surface area contributed by atoms with E-state index in [4.69, 9.17) is 18.9 Å². The smallest absolute Gasteiger partial charge is 0.200 e. The fourth-order valence-electron chi connectivity index (χ4n) is 3.43. The number of aromatic hydroxyl groups is 2. The van der Waals surface area contributed by atoms with Crippen LogP contribution in [-0.2, 0) is 17.6 Å². The molecule has 8 nitrogen and oxygen atoms in total. The predicted molar refractivity (Wildman–Crippen MR) is 115 cm³/mol. The average molecular weight is 437 g/mol. The molecule has 0 heterocycles. The molecule has 0 saturated carbocycles. The highest BCUT2D eigenvalue weighted by Gasteiger charge is 2.17. The molecule has 8 heteroatoms. The Morgan fingerprint density at radius 1 is 0.806 bits per heavy atom. The molecule has 2 unspecified atom stereocenters. The molecular formula is C23H32O8. The van der Waals surface area contributed by atoms with Crippen molar-refractivity contribution in [2.24, 2.45) is 0 Å². The zero-order valence-corrected chi connectivity index (χ0v) is 18.2. The van der Waals surface area contributed by atoms with Gasteiger partial charge in [0.05, 0.1) is 33.5 Å². The number of ether oxygens (including phenoxy) is 4. The highest BCUT2D eigenvalue weighted by atomic mass is 16.6. The molecule has 0 aliphatic heterocycles. The molecule has 0 spiro atoms. The van der Waals surface area contributed by atoms with Crippen molar-refractivity contribution in [3.63, 3.8) is 0 Å². The Bertz CT molecular complexity index is 798. The Balaban J connectivity index is 1.92. The lowest BCUT2D eigenvalue weighted by Crippen LogP contribution is -2.22. The van der Waals surface area contributed by atoms with Crippen molar-refractivity contribution < 1.29 is 39.4 Å². The number of methoxy groups -OCH3 is 3. The number of hydrogen-bond acceptors (Lipinski definition) is 8. The maximum atomic E-state index is 10.5. The van der Waals surface area contributed by atoms with Crippen LogP contribution in [0.3, 0.4) is 0 Å². The van der Waals surface area contributed by atoms with Crippen LogP contribution in [0, 0.1) is 0 Å². The van der Waals surface area contributed by atoms with Crippen molar-refractivity contribution >= 4 is 0 Å². The summed E-state index contributed by atoms with van der Waals surface area (Å²) in [6, 6.07) is 8.56. The molecule has 0 amide bonds. The first-order valence-electron chi connectivity index (χ1n) is 10.1. The van der Waals surface area contributed by atoms with Crippen LogP contribution >= 0.6 is 0 Å². The maximum absolute atomic E-state index is 10.5. The van der Waals surface area contributed by atoms with Gasteiger partial charge in [0.2, 0.25) is 5.75 Å². The van der Waals surface area contributed by atoms with Gasteiger partial charge in [0.25, 0.3) is 0 Å². The molecule has 31 heavy (non-hydrogen) atoms. The van der Waals surface area contributed by atoms with E-state index in [0.717, 1.165) is 11.1 Å². The summed E-state index contributed by atoms with van der Waals surface area (Å²) in [6.45, 7) is -0.428. The molecule has 0 aliphatic rings. The minimum Gasteiger partial charge on any atom is -0.504 e. The second kappa shape index (κ2) is 12.2. The van der Waals surface area contributed by atoms with Crippen LogP contribution in [0.25, 0.3) is 0 Å². The molecule has 0 bridgehead atoms. The van der Waals surface area contributed by atoms with E-state index in [0.29, 0.717) is 49.4 Å². The Morgan fingerprint density at radius 2 is 1.39 bits per heavy atom. The molecule has 172 valence electrons. The molecule has 0 radical (unpaired) electrons. The van der Waals surface area contributed by atoms with Gasteiger partial charge in [-0.25, -0.2) is 0 Å². The van der Waals surface area contributed by atoms with Crippen molar-refractivity contribution in [1.82, 2.24) is 0 Å². The summed E-state index contributed by atoms with van der Waals surface area (Å²) < 4.78 is 20.9. The first-order valence-corrected chi connectivity index (χ1v) is 10.1. The summed E-state index contributed by atoms with van der Waals surface area (Å²) in [7, 11) is 4.42. The van der Waals surface area contributed by atoms with E-state index in [1.165, 1.54) is 21.3 Å². The molecule has 0 aliphatic carbocycles. The van der Waals surface area contributed by atoms with E-state index >= 15 is 0 Å². The lowest BCUT2D eigenvalue weighted by molar-refractivity contribution is -0.0689. The number of hydrogen-bond donors (Lipinski definition) is 4. The van der Waals surface area contributed by atoms with Gasteiger partial charge in [0, 0.05) is 0 Å². The van der Waals surface area contributed by atoms with E-state index in [-0.39, 0.29) is 17.6 Å². The Labute approximate surface area is 182 Å². The summed E-state index contributed by atoms with van der Waals surface area (Å²) >= 11 is 0. The zero-order chi connectivity index (χ0) is 22.8. The van der Waals surface area contributed by atoms with Crippen LogP contribution in [0.2, 0.25) is 0 Å². The summed E-state index contributed by atoms with van der Waals surface area (Å²) in [6.07, 6.45) is 1.64. The summed E-state index contributed by atoms with van der Waals surface area (Å²) in [5.41, 5.74) is 1.82. The van der Waals surface area contributed by atoms with Gasteiger partial charge in [-0.2, -0.15) is 0 Å². The number of aliphatic hydroxyl groups is 2. The summed E-state index contributed by atoms with van der Waals surface area (Å²) in [5, 5.41) is 39.4. The van der Waals surface area contributed by atoms with Gasteiger partial charge >= 0.3 is 0 Å². The lowest BCUT2D eigenvalue weighted by atomic mass is 9.98. The quantitative estimate of drug-likeness (QED) is 0.354. The van der Waals surface area contributed by atoms with Crippen molar-refractivity contribution in [3.05, 3.63) is 41.5 Å². The summed E-state index contributed by atoms with van der Waals surface area (Å²) in [5.74, 6) is 1.05. The van der Waals surface area contributed by atoms with Crippen molar-refractivity contribution in [3.8, 4) is 28.7 Å². The average Bonchev–Trinajstić information content (AvgIpc) is 2.77. The third-order valence-corrected chi connectivity index (χ3v) is 5.15. The van der Waals surface area contributed by atoms with E-state index in [1.54, 1.807) is 30.3 Å². The zero-order valence-electron chi connectivity index (χ0n) is 18.2. The summed E-state index contributed by atoms with van der Waals surface area (Å²) in [4.78, 5) is 0. The standard InChI is InChI=1S/C23H32O8/c1-28-20-10-15(6-9-19(20)26)5-8-18(31-14-24)13-17(25)7-4-16-11-21(29-2)23(27)22(12-16)30-3/h6,9-12,17-18,24-27H,4-5,7-8,13-14H2,1-3H3. The molecule has 0 saturated heterocycles. The van der Waals surface area contributed by atoms with Crippen molar-refractivity contribution in [1.29, 1.82) is 0 Å². The second-order valence-corrected chi connectivity index (χ2v) is 7.24. The van der Waals surface area contributed by atoms with Gasteiger partial charge in [0.1, 0.15) is 6.79 Å². The number of aliphatic hydroxyl groups excluding tert-OH is 2. The van der Waals surface area contributed by atoms with Crippen LogP contribution in [0.4, 0.5) is 0 Å². The van der Waals surface area contributed by atoms with Crippen molar-refractivity contribution in [2.75, 3.05) is 28.1 Å². The maximum Gasteiger partial charge on any atom is 0.200 e. The van der Waals surface area contributed by atoms with Crippen LogP contribution in [0.15, 0.2) is 30.3 Å². The van der Waals surface area contributed by atoms with Crippen LogP contribution in [0.5, 0.6) is 28.7 Å². The molecule has 2 aromatic rings. The molecule has 0 aromatic heterocycles. The number of aryl methyl sites for hydroxylation is 2. The van der Waals surface area contributed by atoms with Gasteiger partial charge < -0.3 is 39.4 Å². The predicted octanol–water partition coefficient (Wildman–Crippen LogP) is 2.78. The highest BCUT2D eigenvalue weighted by Crippen LogP contribution is 2.37. The SMILES string of the molecule is COc1cc(CCC(CC(O)CCc2cc(OC)c(O)c(OC)c2)OCO)ccc1O. The number of benzene rings is 2. The molecular weight excluding hydrogens is 404 g/mol. The minimum absolute atomic E-state index is 0.0587. The van der Waals surface area contributed by atoms with Crippen LogP contribution in [0.1, 0.15) is 30.4 Å². The monoisotopic (exact) mass is 436 g/mol. The third-order valence-electron chi connectivity index (χ3n) is 5.15. The molecule has 4 N–H and O–H groups in total. The first-order chi connectivity index (χ1) is 14.9. The molecule has 2 aromatic carbocycles. The molecule has 0 fully saturated rings. The van der Waals surface area contributed by atoms with Gasteiger partial charge in [-0.3, -0.25) is 0 Å². The fourth-order valence-corrected chi connectivity index (χ4v) is 3.43. The number of rotatable bonds is 13. The molecule has 2 atom stereocenters.